The van der Waals surface area contributed by atoms with Crippen molar-refractivity contribution < 1.29 is 9.53 Å². The maximum Gasteiger partial charge on any atom is 0.259 e. The molecular formula is C22H30N4O2. The van der Waals surface area contributed by atoms with Crippen LogP contribution in [0, 0.1) is 0 Å². The number of anilines is 2. The molecule has 1 heterocycles. The first-order valence-electron chi connectivity index (χ1n) is 9.83. The summed E-state index contributed by atoms with van der Waals surface area (Å²) in [6.45, 7) is 4.34. The Balaban J connectivity index is 1.64. The number of nitrogens with two attached hydrogens (primary N) is 1. The van der Waals surface area contributed by atoms with Crippen LogP contribution in [-0.2, 0) is 0 Å². The molecule has 0 aromatic heterocycles. The molecule has 4 N–H and O–H groups in total. The summed E-state index contributed by atoms with van der Waals surface area (Å²) in [5.41, 5.74) is 9.22. The lowest BCUT2D eigenvalue weighted by molar-refractivity contribution is 0.102. The molecule has 0 saturated carbocycles. The number of piperidine rings is 1. The molecule has 1 aliphatic heterocycles. The van der Waals surface area contributed by atoms with Crippen LogP contribution < -0.4 is 21.1 Å². The Morgan fingerprint density at radius 2 is 1.96 bits per heavy atom. The highest BCUT2D eigenvalue weighted by Crippen LogP contribution is 2.32. The topological polar surface area (TPSA) is 79.6 Å². The Labute approximate surface area is 167 Å². The third kappa shape index (κ3) is 4.82. The Hall–Kier alpha value is -2.57. The molecule has 28 heavy (non-hydrogen) atoms. The number of carbonyl (C=O) groups is 1. The molecule has 150 valence electrons. The highest BCUT2D eigenvalue weighted by Gasteiger charge is 2.21. The summed E-state index contributed by atoms with van der Waals surface area (Å²) in [4.78, 5) is 15.1. The summed E-state index contributed by atoms with van der Waals surface area (Å²) < 4.78 is 5.27. The molecule has 1 aliphatic rings. The number of likely N-dealkylation sites (tertiary alicyclic amines) is 1. The van der Waals surface area contributed by atoms with E-state index in [1.54, 1.807) is 19.2 Å². The van der Waals surface area contributed by atoms with Gasteiger partial charge in [0.2, 0.25) is 0 Å². The van der Waals surface area contributed by atoms with E-state index >= 15 is 0 Å². The molecule has 1 fully saturated rings. The van der Waals surface area contributed by atoms with Gasteiger partial charge in [-0.1, -0.05) is 18.2 Å². The molecule has 1 saturated heterocycles. The summed E-state index contributed by atoms with van der Waals surface area (Å²) in [6.07, 6.45) is 2.27. The van der Waals surface area contributed by atoms with Crippen LogP contribution in [0.2, 0.25) is 0 Å². The second kappa shape index (κ2) is 9.57. The minimum absolute atomic E-state index is 0.227. The van der Waals surface area contributed by atoms with Gasteiger partial charge in [-0.15, -0.1) is 0 Å². The zero-order valence-electron chi connectivity index (χ0n) is 16.7. The van der Waals surface area contributed by atoms with E-state index in [1.165, 1.54) is 5.56 Å². The first-order chi connectivity index (χ1) is 13.6. The minimum Gasteiger partial charge on any atom is -0.496 e. The molecule has 0 bridgehead atoms. The molecule has 1 amide bonds. The largest absolute Gasteiger partial charge is 0.496 e. The number of hydrogen-bond donors (Lipinski definition) is 3. The highest BCUT2D eigenvalue weighted by atomic mass is 16.5. The third-order valence-corrected chi connectivity index (χ3v) is 5.41. The number of carbonyl (C=O) groups excluding carboxylic acids is 1. The molecule has 2 aromatic carbocycles. The first-order valence-corrected chi connectivity index (χ1v) is 9.83. The molecule has 0 unspecified atom stereocenters. The molecule has 0 radical (unpaired) electrons. The second-order valence-electron chi connectivity index (χ2n) is 7.22. The molecular weight excluding hydrogens is 352 g/mol. The smallest absolute Gasteiger partial charge is 0.259 e. The van der Waals surface area contributed by atoms with Crippen molar-refractivity contribution in [2.75, 3.05) is 51.4 Å². The van der Waals surface area contributed by atoms with E-state index in [-0.39, 0.29) is 5.91 Å². The van der Waals surface area contributed by atoms with Crippen LogP contribution in [0.5, 0.6) is 5.75 Å². The lowest BCUT2D eigenvalue weighted by atomic mass is 9.89. The molecule has 2 aromatic rings. The molecule has 0 atom stereocenters. The van der Waals surface area contributed by atoms with Crippen LogP contribution in [0.3, 0.4) is 0 Å². The van der Waals surface area contributed by atoms with E-state index in [4.69, 9.17) is 10.5 Å². The van der Waals surface area contributed by atoms with Crippen molar-refractivity contribution in [3.63, 3.8) is 0 Å². The van der Waals surface area contributed by atoms with E-state index in [9.17, 15) is 4.79 Å². The zero-order chi connectivity index (χ0) is 19.9. The summed E-state index contributed by atoms with van der Waals surface area (Å²) in [5, 5.41) is 6.11. The molecule has 6 heteroatoms. The van der Waals surface area contributed by atoms with Gasteiger partial charge in [-0.3, -0.25) is 4.79 Å². The van der Waals surface area contributed by atoms with E-state index in [1.807, 2.05) is 31.3 Å². The lowest BCUT2D eigenvalue weighted by Crippen LogP contribution is -2.37. The van der Waals surface area contributed by atoms with Gasteiger partial charge in [0.15, 0.2) is 0 Å². The summed E-state index contributed by atoms with van der Waals surface area (Å²) in [5.74, 6) is 0.835. The predicted molar refractivity (Wildman–Crippen MR) is 114 cm³/mol. The number of methoxy groups -OCH3 is 1. The van der Waals surface area contributed by atoms with Crippen LogP contribution in [0.4, 0.5) is 11.4 Å². The first kappa shape index (κ1) is 20.2. The molecule has 0 aliphatic carbocycles. The summed E-state index contributed by atoms with van der Waals surface area (Å²) in [7, 11) is 3.54. The number of likely N-dealkylation sites (N-methyl/N-ethyl adjacent to an activating group) is 1. The summed E-state index contributed by atoms with van der Waals surface area (Å²) >= 11 is 0. The second-order valence-corrected chi connectivity index (χ2v) is 7.22. The van der Waals surface area contributed by atoms with Gasteiger partial charge in [-0.25, -0.2) is 0 Å². The van der Waals surface area contributed by atoms with Crippen LogP contribution in [-0.4, -0.2) is 51.1 Å². The Morgan fingerprint density at radius 1 is 1.21 bits per heavy atom. The van der Waals surface area contributed by atoms with E-state index in [0.717, 1.165) is 39.0 Å². The van der Waals surface area contributed by atoms with Crippen LogP contribution in [0.1, 0.15) is 34.7 Å². The van der Waals surface area contributed by atoms with Gasteiger partial charge in [0.1, 0.15) is 5.75 Å². The number of amides is 1. The maximum absolute atomic E-state index is 12.6. The fourth-order valence-corrected chi connectivity index (χ4v) is 3.73. The van der Waals surface area contributed by atoms with E-state index in [2.05, 4.69) is 21.6 Å². The van der Waals surface area contributed by atoms with Crippen LogP contribution in [0.15, 0.2) is 42.5 Å². The van der Waals surface area contributed by atoms with Crippen molar-refractivity contribution in [2.45, 2.75) is 18.8 Å². The number of nitrogens with zero attached hydrogens (tertiary/aromatic N) is 1. The van der Waals surface area contributed by atoms with Crippen molar-refractivity contribution in [1.29, 1.82) is 0 Å². The van der Waals surface area contributed by atoms with Crippen LogP contribution in [0.25, 0.3) is 0 Å². The number of para-hydroxylation sites is 1. The molecule has 0 spiro atoms. The monoisotopic (exact) mass is 382 g/mol. The SMILES string of the molecule is CNCCN1CCC(c2ccc(NC(=O)c3ccccc3OC)c(N)c2)CC1. The van der Waals surface area contributed by atoms with Crippen molar-refractivity contribution in [2.24, 2.45) is 0 Å². The summed E-state index contributed by atoms with van der Waals surface area (Å²) in [6, 6.07) is 13.2. The van der Waals surface area contributed by atoms with Gasteiger partial charge in [-0.2, -0.15) is 0 Å². The van der Waals surface area contributed by atoms with Crippen LogP contribution >= 0.6 is 0 Å². The normalized spacial score (nSPS) is 15.4. The quantitative estimate of drug-likeness (QED) is 0.642. The average Bonchev–Trinajstić information content (AvgIpc) is 2.74. The standard InChI is InChI=1S/C22H30N4O2/c1-24-11-14-26-12-9-16(10-13-26)17-7-8-20(19(23)15-17)25-22(27)18-5-3-4-6-21(18)28-2/h3-8,15-16,24H,9-14,23H2,1-2H3,(H,25,27). The van der Waals surface area contributed by atoms with Gasteiger partial charge in [-0.05, 0) is 68.7 Å². The third-order valence-electron chi connectivity index (χ3n) is 5.41. The number of nitrogen functional groups attached to an aromatic ring is 1. The lowest BCUT2D eigenvalue weighted by Gasteiger charge is -2.32. The van der Waals surface area contributed by atoms with Crippen molar-refractivity contribution >= 4 is 17.3 Å². The number of hydrogen-bond acceptors (Lipinski definition) is 5. The van der Waals surface area contributed by atoms with Gasteiger partial charge >= 0.3 is 0 Å². The Bertz CT molecular complexity index is 801. The fraction of sp³-hybridized carbons (Fsp3) is 0.409. The van der Waals surface area contributed by atoms with E-state index < -0.39 is 0 Å². The minimum atomic E-state index is -0.227. The number of benzene rings is 2. The van der Waals surface area contributed by atoms with Gasteiger partial charge in [0, 0.05) is 13.1 Å². The average molecular weight is 383 g/mol. The number of ether oxygens (including phenoxy) is 1. The molecule has 3 rings (SSSR count). The maximum atomic E-state index is 12.6. The van der Waals surface area contributed by atoms with Gasteiger partial charge in [0.05, 0.1) is 24.0 Å². The Kier molecular flexibility index (Phi) is 6.90. The predicted octanol–water partition coefficient (Wildman–Crippen LogP) is 2.93. The van der Waals surface area contributed by atoms with Crippen molar-refractivity contribution in [1.82, 2.24) is 10.2 Å². The van der Waals surface area contributed by atoms with E-state index in [0.29, 0.717) is 28.6 Å². The fourth-order valence-electron chi connectivity index (χ4n) is 3.73. The zero-order valence-corrected chi connectivity index (χ0v) is 16.7. The molecule has 6 nitrogen and oxygen atoms in total. The van der Waals surface area contributed by atoms with Crippen molar-refractivity contribution in [3.05, 3.63) is 53.6 Å². The Morgan fingerprint density at radius 3 is 2.64 bits per heavy atom. The van der Waals surface area contributed by atoms with Gasteiger partial charge < -0.3 is 26.0 Å². The van der Waals surface area contributed by atoms with Crippen molar-refractivity contribution in [3.8, 4) is 5.75 Å². The van der Waals surface area contributed by atoms with Gasteiger partial charge in [0.25, 0.3) is 5.91 Å². The number of rotatable bonds is 7. The number of nitrogens with one attached hydrogen (secondary N) is 2. The highest BCUT2D eigenvalue weighted by molar-refractivity contribution is 6.07.